The number of rotatable bonds is 6. The van der Waals surface area contributed by atoms with Gasteiger partial charge in [0.15, 0.2) is 11.6 Å². The number of hydrogen-bond acceptors (Lipinski definition) is 6. The van der Waals surface area contributed by atoms with Gasteiger partial charge in [0.25, 0.3) is 5.91 Å². The van der Waals surface area contributed by atoms with Crippen LogP contribution in [0.15, 0.2) is 54.7 Å². The van der Waals surface area contributed by atoms with E-state index in [1.165, 1.54) is 24.4 Å². The number of carbonyl (C=O) groups is 2. The molecule has 0 aliphatic rings. The number of esters is 1. The number of halogens is 2. The average molecular weight is 398 g/mol. The number of carbonyl (C=O) groups excluding carboxylic acids is 2. The van der Waals surface area contributed by atoms with E-state index in [1.807, 2.05) is 0 Å². The van der Waals surface area contributed by atoms with Crippen LogP contribution >= 0.6 is 0 Å². The zero-order valence-electron chi connectivity index (χ0n) is 15.3. The predicted molar refractivity (Wildman–Crippen MR) is 102 cm³/mol. The maximum absolute atomic E-state index is 13.3. The molecule has 1 amide bonds. The summed E-state index contributed by atoms with van der Waals surface area (Å²) in [4.78, 5) is 32.6. The van der Waals surface area contributed by atoms with Crippen LogP contribution in [-0.2, 0) is 4.74 Å². The van der Waals surface area contributed by atoms with Crippen LogP contribution in [0.5, 0.6) is 0 Å². The van der Waals surface area contributed by atoms with E-state index in [4.69, 9.17) is 4.74 Å². The summed E-state index contributed by atoms with van der Waals surface area (Å²) in [6.07, 6.45) is 1.33. The van der Waals surface area contributed by atoms with Crippen molar-refractivity contribution in [1.82, 2.24) is 9.97 Å². The topological polar surface area (TPSA) is 93.2 Å². The third-order valence-electron chi connectivity index (χ3n) is 3.73. The first kappa shape index (κ1) is 19.9. The van der Waals surface area contributed by atoms with Crippen molar-refractivity contribution in [1.29, 1.82) is 0 Å². The molecule has 0 atom stereocenters. The Kier molecular flexibility index (Phi) is 6.08. The fourth-order valence-corrected chi connectivity index (χ4v) is 2.41. The monoisotopic (exact) mass is 398 g/mol. The maximum Gasteiger partial charge on any atom is 0.340 e. The van der Waals surface area contributed by atoms with Crippen molar-refractivity contribution in [2.75, 3.05) is 17.2 Å². The van der Waals surface area contributed by atoms with Gasteiger partial charge in [0, 0.05) is 18.0 Å². The summed E-state index contributed by atoms with van der Waals surface area (Å²) in [6.45, 7) is 1.88. The molecular weight excluding hydrogens is 382 g/mol. The molecule has 0 saturated heterocycles. The van der Waals surface area contributed by atoms with Crippen molar-refractivity contribution in [2.45, 2.75) is 6.92 Å². The van der Waals surface area contributed by atoms with Crippen molar-refractivity contribution in [3.8, 4) is 0 Å². The SMILES string of the molecule is CCOC(=O)c1ccccc1NC(=O)c1ccnc(Nc2ccc(F)c(F)c2)n1. The van der Waals surface area contributed by atoms with Crippen LogP contribution in [0.1, 0.15) is 27.8 Å². The van der Waals surface area contributed by atoms with Gasteiger partial charge in [-0.05, 0) is 37.3 Å². The minimum absolute atomic E-state index is 0.00347. The second kappa shape index (κ2) is 8.87. The largest absolute Gasteiger partial charge is 0.462 e. The van der Waals surface area contributed by atoms with Crippen molar-refractivity contribution in [2.24, 2.45) is 0 Å². The second-order valence-electron chi connectivity index (χ2n) is 5.74. The molecule has 1 heterocycles. The highest BCUT2D eigenvalue weighted by atomic mass is 19.2. The Bertz CT molecular complexity index is 1060. The summed E-state index contributed by atoms with van der Waals surface area (Å²) in [6, 6.07) is 11.0. The molecule has 29 heavy (non-hydrogen) atoms. The van der Waals surface area contributed by atoms with Crippen LogP contribution in [0.4, 0.5) is 26.1 Å². The maximum atomic E-state index is 13.3. The number of nitrogens with zero attached hydrogens (tertiary/aromatic N) is 2. The Morgan fingerprint density at radius 2 is 1.86 bits per heavy atom. The Balaban J connectivity index is 1.78. The summed E-state index contributed by atoms with van der Waals surface area (Å²) in [7, 11) is 0. The number of benzene rings is 2. The normalized spacial score (nSPS) is 10.3. The Morgan fingerprint density at radius 3 is 2.62 bits per heavy atom. The van der Waals surface area contributed by atoms with Gasteiger partial charge >= 0.3 is 5.97 Å². The molecule has 0 bridgehead atoms. The number of para-hydroxylation sites is 1. The molecule has 2 N–H and O–H groups in total. The zero-order chi connectivity index (χ0) is 20.8. The van der Waals surface area contributed by atoms with Crippen molar-refractivity contribution in [3.05, 3.63) is 77.6 Å². The molecule has 3 aromatic rings. The molecule has 2 aromatic carbocycles. The lowest BCUT2D eigenvalue weighted by Gasteiger charge is -2.11. The number of ether oxygens (including phenoxy) is 1. The first-order valence-electron chi connectivity index (χ1n) is 8.60. The van der Waals surface area contributed by atoms with E-state index in [2.05, 4.69) is 20.6 Å². The zero-order valence-corrected chi connectivity index (χ0v) is 15.3. The van der Waals surface area contributed by atoms with Gasteiger partial charge in [-0.1, -0.05) is 12.1 Å². The first-order chi connectivity index (χ1) is 14.0. The number of hydrogen-bond donors (Lipinski definition) is 2. The van der Waals surface area contributed by atoms with E-state index >= 15 is 0 Å². The summed E-state index contributed by atoms with van der Waals surface area (Å²) in [5.74, 6) is -3.14. The lowest BCUT2D eigenvalue weighted by Crippen LogP contribution is -2.17. The standard InChI is InChI=1S/C20H16F2N4O3/c1-2-29-19(28)13-5-3-4-6-16(13)25-18(27)17-9-10-23-20(26-17)24-12-7-8-14(21)15(22)11-12/h3-11H,2H2,1H3,(H,25,27)(H,23,24,26). The van der Waals surface area contributed by atoms with Crippen LogP contribution in [-0.4, -0.2) is 28.5 Å². The van der Waals surface area contributed by atoms with Gasteiger partial charge in [-0.25, -0.2) is 23.5 Å². The van der Waals surface area contributed by atoms with Crippen molar-refractivity contribution >= 4 is 29.2 Å². The second-order valence-corrected chi connectivity index (χ2v) is 5.74. The van der Waals surface area contributed by atoms with Crippen LogP contribution in [0.3, 0.4) is 0 Å². The summed E-state index contributed by atoms with van der Waals surface area (Å²) in [5, 5.41) is 5.30. The van der Waals surface area contributed by atoms with Gasteiger partial charge in [0.1, 0.15) is 5.69 Å². The van der Waals surface area contributed by atoms with Gasteiger partial charge in [-0.3, -0.25) is 4.79 Å². The van der Waals surface area contributed by atoms with E-state index < -0.39 is 23.5 Å². The molecule has 9 heteroatoms. The highest BCUT2D eigenvalue weighted by molar-refractivity contribution is 6.07. The molecule has 0 saturated carbocycles. The van der Waals surface area contributed by atoms with Gasteiger partial charge in [-0.2, -0.15) is 0 Å². The molecule has 7 nitrogen and oxygen atoms in total. The van der Waals surface area contributed by atoms with Crippen LogP contribution in [0.2, 0.25) is 0 Å². The summed E-state index contributed by atoms with van der Waals surface area (Å²) in [5.41, 5.74) is 0.694. The quantitative estimate of drug-likeness (QED) is 0.611. The minimum Gasteiger partial charge on any atom is -0.462 e. The van der Waals surface area contributed by atoms with E-state index in [0.717, 1.165) is 12.1 Å². The Hall–Kier alpha value is -3.88. The Labute approximate surface area is 164 Å². The average Bonchev–Trinajstić information content (AvgIpc) is 2.71. The lowest BCUT2D eigenvalue weighted by molar-refractivity contribution is 0.0527. The highest BCUT2D eigenvalue weighted by Gasteiger charge is 2.16. The summed E-state index contributed by atoms with van der Waals surface area (Å²) >= 11 is 0. The van der Waals surface area contributed by atoms with Gasteiger partial charge in [-0.15, -0.1) is 0 Å². The number of amides is 1. The first-order valence-corrected chi connectivity index (χ1v) is 8.60. The lowest BCUT2D eigenvalue weighted by atomic mass is 10.1. The third kappa shape index (κ3) is 4.89. The minimum atomic E-state index is -1.03. The van der Waals surface area contributed by atoms with Crippen LogP contribution < -0.4 is 10.6 Å². The van der Waals surface area contributed by atoms with E-state index in [0.29, 0.717) is 0 Å². The molecule has 0 fully saturated rings. The number of aromatic nitrogens is 2. The van der Waals surface area contributed by atoms with E-state index in [9.17, 15) is 18.4 Å². The number of nitrogens with one attached hydrogen (secondary N) is 2. The van der Waals surface area contributed by atoms with Gasteiger partial charge < -0.3 is 15.4 Å². The number of anilines is 3. The third-order valence-corrected chi connectivity index (χ3v) is 3.73. The summed E-state index contributed by atoms with van der Waals surface area (Å²) < 4.78 is 31.3. The molecule has 0 spiro atoms. The van der Waals surface area contributed by atoms with Crippen LogP contribution in [0.25, 0.3) is 0 Å². The van der Waals surface area contributed by atoms with Crippen molar-refractivity contribution in [3.63, 3.8) is 0 Å². The van der Waals surface area contributed by atoms with Gasteiger partial charge in [0.2, 0.25) is 5.95 Å². The van der Waals surface area contributed by atoms with E-state index in [1.54, 1.807) is 25.1 Å². The Morgan fingerprint density at radius 1 is 1.07 bits per heavy atom. The van der Waals surface area contributed by atoms with Crippen LogP contribution in [0, 0.1) is 11.6 Å². The molecule has 1 aromatic heterocycles. The van der Waals surface area contributed by atoms with E-state index in [-0.39, 0.29) is 35.2 Å². The molecular formula is C20H16F2N4O3. The molecule has 0 unspecified atom stereocenters. The predicted octanol–water partition coefficient (Wildman–Crippen LogP) is 3.93. The fourth-order valence-electron chi connectivity index (χ4n) is 2.41. The fraction of sp³-hybridized carbons (Fsp3) is 0.100. The molecule has 0 aliphatic carbocycles. The molecule has 148 valence electrons. The molecule has 0 aliphatic heterocycles. The van der Waals surface area contributed by atoms with Gasteiger partial charge in [0.05, 0.1) is 17.9 Å². The molecule has 3 rings (SSSR count). The smallest absolute Gasteiger partial charge is 0.340 e. The highest BCUT2D eigenvalue weighted by Crippen LogP contribution is 2.19. The molecule has 0 radical (unpaired) electrons. The van der Waals surface area contributed by atoms with Crippen molar-refractivity contribution < 1.29 is 23.1 Å².